The molecule has 2 aromatic carbocycles. The van der Waals surface area contributed by atoms with E-state index in [1.54, 1.807) is 19.4 Å². The number of aromatic nitrogens is 1. The molecule has 1 heterocycles. The maximum absolute atomic E-state index is 12.1. The third kappa shape index (κ3) is 3.55. The van der Waals surface area contributed by atoms with Crippen molar-refractivity contribution in [3.63, 3.8) is 0 Å². The van der Waals surface area contributed by atoms with E-state index < -0.39 is 0 Å². The first kappa shape index (κ1) is 14.8. The molecule has 0 unspecified atom stereocenters. The van der Waals surface area contributed by atoms with Gasteiger partial charge in [0.15, 0.2) is 0 Å². The summed E-state index contributed by atoms with van der Waals surface area (Å²) >= 11 is 0. The zero-order valence-electron chi connectivity index (χ0n) is 12.7. The van der Waals surface area contributed by atoms with E-state index in [-0.39, 0.29) is 5.91 Å². The number of hydrogen-bond donors (Lipinski definition) is 1. The van der Waals surface area contributed by atoms with Crippen LogP contribution in [0.25, 0.3) is 17.0 Å². The summed E-state index contributed by atoms with van der Waals surface area (Å²) in [6, 6.07) is 17.0. The summed E-state index contributed by atoms with van der Waals surface area (Å²) < 4.78 is 5.10. The molecular formula is C19H16N2O2. The number of nitrogens with zero attached hydrogens (tertiary/aromatic N) is 1. The molecule has 0 aliphatic rings. The van der Waals surface area contributed by atoms with E-state index in [4.69, 9.17) is 4.74 Å². The first-order valence-corrected chi connectivity index (χ1v) is 7.23. The standard InChI is InChI=1S/C19H16N2O2/c1-23-16-10-7-14(8-11-16)9-12-18(22)21-17-6-2-4-15-5-3-13-20-19(15)17/h2-13H,1H3,(H,21,22). The average Bonchev–Trinajstić information content (AvgIpc) is 2.61. The van der Waals surface area contributed by atoms with E-state index in [2.05, 4.69) is 10.3 Å². The number of para-hydroxylation sites is 1. The molecule has 4 nitrogen and oxygen atoms in total. The smallest absolute Gasteiger partial charge is 0.248 e. The Kier molecular flexibility index (Phi) is 4.34. The van der Waals surface area contributed by atoms with E-state index in [1.165, 1.54) is 6.08 Å². The molecule has 1 aromatic heterocycles. The second kappa shape index (κ2) is 6.75. The molecule has 0 radical (unpaired) electrons. The van der Waals surface area contributed by atoms with Crippen molar-refractivity contribution in [1.82, 2.24) is 4.98 Å². The second-order valence-corrected chi connectivity index (χ2v) is 4.98. The van der Waals surface area contributed by atoms with Gasteiger partial charge in [-0.05, 0) is 35.9 Å². The van der Waals surface area contributed by atoms with Crippen molar-refractivity contribution >= 4 is 28.6 Å². The fourth-order valence-corrected chi connectivity index (χ4v) is 2.27. The molecule has 0 atom stereocenters. The van der Waals surface area contributed by atoms with Crippen molar-refractivity contribution in [2.75, 3.05) is 12.4 Å². The molecule has 1 N–H and O–H groups in total. The lowest BCUT2D eigenvalue weighted by molar-refractivity contribution is -0.111. The number of carbonyl (C=O) groups excluding carboxylic acids is 1. The number of rotatable bonds is 4. The van der Waals surface area contributed by atoms with Crippen LogP contribution in [0.15, 0.2) is 66.9 Å². The Balaban J connectivity index is 1.74. The number of carbonyl (C=O) groups is 1. The molecule has 0 saturated heterocycles. The number of fused-ring (bicyclic) bond motifs is 1. The number of amides is 1. The van der Waals surface area contributed by atoms with E-state index in [0.717, 1.165) is 22.2 Å². The molecule has 0 saturated carbocycles. The Bertz CT molecular complexity index is 849. The van der Waals surface area contributed by atoms with Crippen LogP contribution >= 0.6 is 0 Å². The maximum Gasteiger partial charge on any atom is 0.248 e. The predicted octanol–water partition coefficient (Wildman–Crippen LogP) is 3.90. The molecule has 0 fully saturated rings. The van der Waals surface area contributed by atoms with Crippen LogP contribution in [0.3, 0.4) is 0 Å². The van der Waals surface area contributed by atoms with Crippen LogP contribution in [0.4, 0.5) is 5.69 Å². The van der Waals surface area contributed by atoms with Gasteiger partial charge in [-0.2, -0.15) is 0 Å². The lowest BCUT2D eigenvalue weighted by Gasteiger charge is -2.05. The number of ether oxygens (including phenoxy) is 1. The first-order valence-electron chi connectivity index (χ1n) is 7.23. The number of nitrogens with one attached hydrogen (secondary N) is 1. The highest BCUT2D eigenvalue weighted by atomic mass is 16.5. The molecule has 23 heavy (non-hydrogen) atoms. The lowest BCUT2D eigenvalue weighted by atomic mass is 10.2. The lowest BCUT2D eigenvalue weighted by Crippen LogP contribution is -2.08. The molecule has 4 heteroatoms. The summed E-state index contributed by atoms with van der Waals surface area (Å²) in [6.45, 7) is 0. The third-order valence-electron chi connectivity index (χ3n) is 3.43. The van der Waals surface area contributed by atoms with Gasteiger partial charge >= 0.3 is 0 Å². The van der Waals surface area contributed by atoms with Crippen LogP contribution < -0.4 is 10.1 Å². The average molecular weight is 304 g/mol. The van der Waals surface area contributed by atoms with Gasteiger partial charge in [0.1, 0.15) is 5.75 Å². The van der Waals surface area contributed by atoms with Gasteiger partial charge in [-0.15, -0.1) is 0 Å². The minimum absolute atomic E-state index is 0.195. The fraction of sp³-hybridized carbons (Fsp3) is 0.0526. The number of anilines is 1. The minimum atomic E-state index is -0.195. The van der Waals surface area contributed by atoms with Gasteiger partial charge in [-0.25, -0.2) is 0 Å². The topological polar surface area (TPSA) is 51.2 Å². The van der Waals surface area contributed by atoms with Crippen LogP contribution in [-0.2, 0) is 4.79 Å². The number of pyridine rings is 1. The van der Waals surface area contributed by atoms with Gasteiger partial charge in [-0.1, -0.05) is 30.3 Å². The molecule has 3 rings (SSSR count). The molecule has 0 aliphatic heterocycles. The normalized spacial score (nSPS) is 10.8. The molecular weight excluding hydrogens is 288 g/mol. The van der Waals surface area contributed by atoms with Gasteiger partial charge in [0.05, 0.1) is 18.3 Å². The van der Waals surface area contributed by atoms with Crippen molar-refractivity contribution in [3.05, 3.63) is 72.4 Å². The molecule has 0 aliphatic carbocycles. The van der Waals surface area contributed by atoms with Crippen molar-refractivity contribution in [2.45, 2.75) is 0 Å². The van der Waals surface area contributed by atoms with Crippen molar-refractivity contribution in [2.24, 2.45) is 0 Å². The van der Waals surface area contributed by atoms with E-state index in [0.29, 0.717) is 5.69 Å². The Morgan fingerprint density at radius 3 is 2.65 bits per heavy atom. The van der Waals surface area contributed by atoms with Gasteiger partial charge in [0.25, 0.3) is 0 Å². The first-order chi connectivity index (χ1) is 11.3. The highest BCUT2D eigenvalue weighted by molar-refractivity contribution is 6.06. The quantitative estimate of drug-likeness (QED) is 0.744. The molecule has 114 valence electrons. The third-order valence-corrected chi connectivity index (χ3v) is 3.43. The Morgan fingerprint density at radius 1 is 1.09 bits per heavy atom. The molecule has 0 spiro atoms. The van der Waals surface area contributed by atoms with Crippen LogP contribution in [0.5, 0.6) is 5.75 Å². The maximum atomic E-state index is 12.1. The summed E-state index contributed by atoms with van der Waals surface area (Å²) in [7, 11) is 1.62. The Morgan fingerprint density at radius 2 is 1.87 bits per heavy atom. The summed E-state index contributed by atoms with van der Waals surface area (Å²) in [6.07, 6.45) is 4.97. The monoisotopic (exact) mass is 304 g/mol. The molecule has 0 bridgehead atoms. The zero-order valence-corrected chi connectivity index (χ0v) is 12.7. The van der Waals surface area contributed by atoms with Crippen LogP contribution in [-0.4, -0.2) is 18.0 Å². The van der Waals surface area contributed by atoms with Crippen molar-refractivity contribution in [3.8, 4) is 5.75 Å². The summed E-state index contributed by atoms with van der Waals surface area (Å²) in [4.78, 5) is 16.4. The van der Waals surface area contributed by atoms with Crippen molar-refractivity contribution in [1.29, 1.82) is 0 Å². The summed E-state index contributed by atoms with van der Waals surface area (Å²) in [5.41, 5.74) is 2.41. The molecule has 1 amide bonds. The number of benzene rings is 2. The van der Waals surface area contributed by atoms with Gasteiger partial charge in [-0.3, -0.25) is 9.78 Å². The van der Waals surface area contributed by atoms with E-state index in [1.807, 2.05) is 54.6 Å². The van der Waals surface area contributed by atoms with E-state index in [9.17, 15) is 4.79 Å². The van der Waals surface area contributed by atoms with Gasteiger partial charge < -0.3 is 10.1 Å². The molecule has 3 aromatic rings. The summed E-state index contributed by atoms with van der Waals surface area (Å²) in [5, 5.41) is 3.86. The Hall–Kier alpha value is -3.14. The highest BCUT2D eigenvalue weighted by Crippen LogP contribution is 2.20. The highest BCUT2D eigenvalue weighted by Gasteiger charge is 2.03. The van der Waals surface area contributed by atoms with Gasteiger partial charge in [0.2, 0.25) is 5.91 Å². The fourth-order valence-electron chi connectivity index (χ4n) is 2.27. The zero-order chi connectivity index (χ0) is 16.1. The van der Waals surface area contributed by atoms with Gasteiger partial charge in [0, 0.05) is 17.7 Å². The number of hydrogen-bond acceptors (Lipinski definition) is 3. The largest absolute Gasteiger partial charge is 0.497 e. The number of methoxy groups -OCH3 is 1. The summed E-state index contributed by atoms with van der Waals surface area (Å²) in [5.74, 6) is 0.590. The SMILES string of the molecule is COc1ccc(C=CC(=O)Nc2cccc3cccnc23)cc1. The van der Waals surface area contributed by atoms with Crippen molar-refractivity contribution < 1.29 is 9.53 Å². The van der Waals surface area contributed by atoms with Crippen LogP contribution in [0, 0.1) is 0 Å². The predicted molar refractivity (Wildman–Crippen MR) is 92.4 cm³/mol. The Labute approximate surface area is 134 Å². The van der Waals surface area contributed by atoms with Crippen LogP contribution in [0.2, 0.25) is 0 Å². The minimum Gasteiger partial charge on any atom is -0.497 e. The van der Waals surface area contributed by atoms with E-state index >= 15 is 0 Å². The van der Waals surface area contributed by atoms with Crippen LogP contribution in [0.1, 0.15) is 5.56 Å². The second-order valence-electron chi connectivity index (χ2n) is 4.98.